The summed E-state index contributed by atoms with van der Waals surface area (Å²) in [5.41, 5.74) is 5.20. The van der Waals surface area contributed by atoms with Gasteiger partial charge in [0.05, 0.1) is 5.38 Å². The summed E-state index contributed by atoms with van der Waals surface area (Å²) in [6, 6.07) is 15.0. The molecule has 0 aliphatic heterocycles. The fraction of sp³-hybridized carbons (Fsp3) is 0.294. The molecular weight excluding hydrogens is 367 g/mol. The molecule has 2 aromatic rings. The van der Waals surface area contributed by atoms with Gasteiger partial charge in [0.15, 0.2) is 0 Å². The van der Waals surface area contributed by atoms with Crippen LogP contribution in [0.2, 0.25) is 0 Å². The van der Waals surface area contributed by atoms with Crippen molar-refractivity contribution in [1.82, 2.24) is 0 Å². The van der Waals surface area contributed by atoms with E-state index in [-0.39, 0.29) is 5.38 Å². The van der Waals surface area contributed by atoms with E-state index in [0.717, 1.165) is 12.8 Å². The Labute approximate surface area is 134 Å². The molecule has 0 bridgehead atoms. The maximum absolute atomic E-state index is 6.62. The number of alkyl halides is 1. The number of hydrogen-bond acceptors (Lipinski definition) is 0. The van der Waals surface area contributed by atoms with E-state index >= 15 is 0 Å². The molecule has 19 heavy (non-hydrogen) atoms. The Morgan fingerprint density at radius 1 is 0.947 bits per heavy atom. The van der Waals surface area contributed by atoms with E-state index in [0.29, 0.717) is 0 Å². The molecule has 0 aliphatic rings. The van der Waals surface area contributed by atoms with Crippen LogP contribution in [0, 0.1) is 3.57 Å². The molecule has 100 valence electrons. The van der Waals surface area contributed by atoms with Crippen molar-refractivity contribution in [3.8, 4) is 0 Å². The van der Waals surface area contributed by atoms with Gasteiger partial charge in [-0.15, -0.1) is 11.6 Å². The molecule has 0 aliphatic carbocycles. The van der Waals surface area contributed by atoms with Crippen molar-refractivity contribution in [1.29, 1.82) is 0 Å². The van der Waals surface area contributed by atoms with Crippen LogP contribution in [-0.4, -0.2) is 0 Å². The molecule has 0 amide bonds. The molecule has 0 spiro atoms. The van der Waals surface area contributed by atoms with E-state index in [4.69, 9.17) is 11.6 Å². The van der Waals surface area contributed by atoms with E-state index in [9.17, 15) is 0 Å². The normalized spacial score (nSPS) is 12.4. The topological polar surface area (TPSA) is 0 Å². The Morgan fingerprint density at radius 2 is 1.63 bits per heavy atom. The standard InChI is InChI=1S/C17H18ClI/c1-3-12-8-9-15(10-13(12)4-2)17(18)14-6-5-7-16(19)11-14/h5-11,17H,3-4H2,1-2H3. The lowest BCUT2D eigenvalue weighted by Gasteiger charge is -2.14. The summed E-state index contributed by atoms with van der Waals surface area (Å²) >= 11 is 8.95. The third kappa shape index (κ3) is 3.51. The highest BCUT2D eigenvalue weighted by atomic mass is 127. The van der Waals surface area contributed by atoms with E-state index in [1.165, 1.54) is 25.8 Å². The van der Waals surface area contributed by atoms with Crippen molar-refractivity contribution in [3.63, 3.8) is 0 Å². The SMILES string of the molecule is CCc1ccc(C(Cl)c2cccc(I)c2)cc1CC. The fourth-order valence-corrected chi connectivity index (χ4v) is 3.17. The van der Waals surface area contributed by atoms with Crippen LogP contribution in [0.3, 0.4) is 0 Å². The highest BCUT2D eigenvalue weighted by Gasteiger charge is 2.12. The first-order chi connectivity index (χ1) is 9.15. The van der Waals surface area contributed by atoms with Crippen molar-refractivity contribution in [2.24, 2.45) is 0 Å². The maximum Gasteiger partial charge on any atom is 0.0835 e. The molecule has 0 aromatic heterocycles. The van der Waals surface area contributed by atoms with Crippen molar-refractivity contribution in [2.45, 2.75) is 32.1 Å². The summed E-state index contributed by atoms with van der Waals surface area (Å²) in [6.45, 7) is 4.40. The predicted molar refractivity (Wildman–Crippen MR) is 92.1 cm³/mol. The predicted octanol–water partition coefficient (Wildman–Crippen LogP) is 5.74. The second-order valence-electron chi connectivity index (χ2n) is 4.65. The van der Waals surface area contributed by atoms with Gasteiger partial charge < -0.3 is 0 Å². The Hall–Kier alpha value is -0.540. The first-order valence-electron chi connectivity index (χ1n) is 6.67. The zero-order chi connectivity index (χ0) is 13.8. The van der Waals surface area contributed by atoms with E-state index in [1.807, 2.05) is 0 Å². The van der Waals surface area contributed by atoms with Crippen LogP contribution in [0.4, 0.5) is 0 Å². The Balaban J connectivity index is 2.36. The monoisotopic (exact) mass is 384 g/mol. The molecule has 0 radical (unpaired) electrons. The van der Waals surface area contributed by atoms with Crippen LogP contribution in [0.15, 0.2) is 42.5 Å². The molecule has 2 aromatic carbocycles. The average Bonchev–Trinajstić information content (AvgIpc) is 2.45. The summed E-state index contributed by atoms with van der Waals surface area (Å²) in [4.78, 5) is 0. The quantitative estimate of drug-likeness (QED) is 0.465. The summed E-state index contributed by atoms with van der Waals surface area (Å²) in [6.07, 6.45) is 2.15. The van der Waals surface area contributed by atoms with Crippen LogP contribution >= 0.6 is 34.2 Å². The lowest BCUT2D eigenvalue weighted by molar-refractivity contribution is 1.02. The first kappa shape index (κ1) is 14.9. The van der Waals surface area contributed by atoms with Crippen molar-refractivity contribution in [3.05, 3.63) is 68.3 Å². The van der Waals surface area contributed by atoms with Gasteiger partial charge in [0.1, 0.15) is 0 Å². The zero-order valence-corrected chi connectivity index (χ0v) is 14.2. The lowest BCUT2D eigenvalue weighted by atomic mass is 9.96. The largest absolute Gasteiger partial charge is 0.113 e. The summed E-state index contributed by atoms with van der Waals surface area (Å²) in [7, 11) is 0. The first-order valence-corrected chi connectivity index (χ1v) is 8.18. The van der Waals surface area contributed by atoms with Crippen LogP contribution in [0.25, 0.3) is 0 Å². The van der Waals surface area contributed by atoms with Gasteiger partial charge in [-0.25, -0.2) is 0 Å². The molecule has 0 N–H and O–H groups in total. The average molecular weight is 385 g/mol. The third-order valence-corrected chi connectivity index (χ3v) is 4.60. The number of rotatable bonds is 4. The highest BCUT2D eigenvalue weighted by Crippen LogP contribution is 2.31. The van der Waals surface area contributed by atoms with E-state index in [2.05, 4.69) is 78.9 Å². The van der Waals surface area contributed by atoms with Crippen LogP contribution in [0.1, 0.15) is 41.5 Å². The summed E-state index contributed by atoms with van der Waals surface area (Å²) in [5.74, 6) is 0. The molecule has 2 heteroatoms. The highest BCUT2D eigenvalue weighted by molar-refractivity contribution is 14.1. The van der Waals surface area contributed by atoms with Gasteiger partial charge in [0, 0.05) is 3.57 Å². The minimum Gasteiger partial charge on any atom is -0.113 e. The number of aryl methyl sites for hydroxylation is 2. The Kier molecular flexibility index (Phi) is 5.28. The lowest BCUT2D eigenvalue weighted by Crippen LogP contribution is -1.98. The van der Waals surface area contributed by atoms with Crippen LogP contribution in [-0.2, 0) is 12.8 Å². The van der Waals surface area contributed by atoms with E-state index in [1.54, 1.807) is 0 Å². The van der Waals surface area contributed by atoms with Gasteiger partial charge in [-0.1, -0.05) is 44.2 Å². The minimum atomic E-state index is -0.0640. The molecule has 0 fully saturated rings. The van der Waals surface area contributed by atoms with Crippen molar-refractivity contribution < 1.29 is 0 Å². The van der Waals surface area contributed by atoms with Gasteiger partial charge >= 0.3 is 0 Å². The van der Waals surface area contributed by atoms with Crippen LogP contribution in [0.5, 0.6) is 0 Å². The minimum absolute atomic E-state index is 0.0640. The molecule has 1 atom stereocenters. The zero-order valence-electron chi connectivity index (χ0n) is 11.3. The maximum atomic E-state index is 6.62. The molecule has 0 saturated carbocycles. The second-order valence-corrected chi connectivity index (χ2v) is 6.33. The van der Waals surface area contributed by atoms with Crippen molar-refractivity contribution >= 4 is 34.2 Å². The van der Waals surface area contributed by atoms with Gasteiger partial charge in [0.25, 0.3) is 0 Å². The van der Waals surface area contributed by atoms with Gasteiger partial charge in [-0.2, -0.15) is 0 Å². The molecule has 2 rings (SSSR count). The van der Waals surface area contributed by atoms with Crippen LogP contribution < -0.4 is 0 Å². The summed E-state index contributed by atoms with van der Waals surface area (Å²) < 4.78 is 1.22. The van der Waals surface area contributed by atoms with E-state index < -0.39 is 0 Å². The number of hydrogen-bond donors (Lipinski definition) is 0. The smallest absolute Gasteiger partial charge is 0.0835 e. The number of halogens is 2. The number of benzene rings is 2. The fourth-order valence-electron chi connectivity index (χ4n) is 2.33. The molecule has 0 nitrogen and oxygen atoms in total. The van der Waals surface area contributed by atoms with Crippen molar-refractivity contribution in [2.75, 3.05) is 0 Å². The summed E-state index contributed by atoms with van der Waals surface area (Å²) in [5, 5.41) is -0.0640. The molecular formula is C17H18ClI. The van der Waals surface area contributed by atoms with Gasteiger partial charge in [-0.3, -0.25) is 0 Å². The molecule has 1 unspecified atom stereocenters. The third-order valence-electron chi connectivity index (χ3n) is 3.43. The Bertz CT molecular complexity index is 563. The molecule has 0 saturated heterocycles. The Morgan fingerprint density at radius 3 is 2.26 bits per heavy atom. The van der Waals surface area contributed by atoms with Gasteiger partial charge in [-0.05, 0) is 69.8 Å². The van der Waals surface area contributed by atoms with Gasteiger partial charge in [0.2, 0.25) is 0 Å². The molecule has 0 heterocycles. The second kappa shape index (κ2) is 6.76.